The topological polar surface area (TPSA) is 115 Å². The highest BCUT2D eigenvalue weighted by molar-refractivity contribution is 5.69. The number of carboxylic acid groups (broad SMARTS) is 3. The minimum atomic E-state index is -1.08. The number of carboxylic acids is 3. The van der Waals surface area contributed by atoms with E-state index >= 15 is 0 Å². The van der Waals surface area contributed by atoms with Gasteiger partial charge >= 0.3 is 11.9 Å². The van der Waals surface area contributed by atoms with Gasteiger partial charge in [-0.05, 0) is 32.1 Å². The summed E-state index contributed by atoms with van der Waals surface area (Å²) in [6, 6.07) is 0. The Morgan fingerprint density at radius 2 is 1.11 bits per heavy atom. The number of quaternary nitrogens is 1. The van der Waals surface area contributed by atoms with Crippen LogP contribution in [0, 0.1) is 17.8 Å². The molecular formula is C28H51NO6. The number of carbonyl (C=O) groups is 3. The number of hydrogen-bond donors (Lipinski definition) is 2. The molecule has 0 amide bonds. The van der Waals surface area contributed by atoms with Crippen LogP contribution in [0.15, 0.2) is 12.2 Å². The Bertz CT molecular complexity index is 573. The van der Waals surface area contributed by atoms with Crippen molar-refractivity contribution in [2.75, 3.05) is 26.2 Å². The van der Waals surface area contributed by atoms with E-state index in [1.54, 1.807) is 20.8 Å². The SMILES string of the molecule is CCCCCCC/C=C/CCCC[N+](CCC(C)C(=O)[O-])(CCC(C)C(=O)O)CCC(C)C(=O)O. The molecule has 7 nitrogen and oxygen atoms in total. The number of unbranched alkanes of at least 4 members (excludes halogenated alkanes) is 7. The van der Waals surface area contributed by atoms with Crippen LogP contribution in [0.1, 0.15) is 105 Å². The van der Waals surface area contributed by atoms with Crippen LogP contribution in [-0.2, 0) is 14.4 Å². The van der Waals surface area contributed by atoms with Gasteiger partial charge in [0.2, 0.25) is 0 Å². The molecule has 0 spiro atoms. The van der Waals surface area contributed by atoms with Gasteiger partial charge in [-0.3, -0.25) is 9.59 Å². The second-order valence-corrected chi connectivity index (χ2v) is 10.5. The summed E-state index contributed by atoms with van der Waals surface area (Å²) in [5, 5.41) is 30.0. The summed E-state index contributed by atoms with van der Waals surface area (Å²) in [6.45, 7) is 9.82. The van der Waals surface area contributed by atoms with E-state index in [0.717, 1.165) is 32.2 Å². The van der Waals surface area contributed by atoms with Crippen molar-refractivity contribution in [1.82, 2.24) is 0 Å². The Labute approximate surface area is 213 Å². The molecule has 0 aliphatic rings. The summed E-state index contributed by atoms with van der Waals surface area (Å²) in [6.07, 6.45) is 16.3. The highest BCUT2D eigenvalue weighted by Crippen LogP contribution is 2.21. The molecule has 0 aromatic carbocycles. The molecule has 3 atom stereocenters. The van der Waals surface area contributed by atoms with Crippen LogP contribution in [0.25, 0.3) is 0 Å². The van der Waals surface area contributed by atoms with Gasteiger partial charge in [-0.15, -0.1) is 0 Å². The van der Waals surface area contributed by atoms with Gasteiger partial charge in [0, 0.05) is 31.1 Å². The summed E-state index contributed by atoms with van der Waals surface area (Å²) >= 11 is 0. The second kappa shape index (κ2) is 19.3. The largest absolute Gasteiger partial charge is 0.550 e. The van der Waals surface area contributed by atoms with Crippen molar-refractivity contribution in [3.05, 3.63) is 12.2 Å². The molecule has 0 bridgehead atoms. The fourth-order valence-electron chi connectivity index (χ4n) is 4.25. The van der Waals surface area contributed by atoms with Gasteiger partial charge < -0.3 is 24.6 Å². The molecule has 0 aromatic rings. The third kappa shape index (κ3) is 16.4. The van der Waals surface area contributed by atoms with E-state index in [9.17, 15) is 29.7 Å². The van der Waals surface area contributed by atoms with E-state index in [0.29, 0.717) is 43.4 Å². The van der Waals surface area contributed by atoms with Gasteiger partial charge in [-0.2, -0.15) is 0 Å². The van der Waals surface area contributed by atoms with E-state index < -0.39 is 35.7 Å². The molecule has 0 fully saturated rings. The van der Waals surface area contributed by atoms with Crippen molar-refractivity contribution in [3.8, 4) is 0 Å². The highest BCUT2D eigenvalue weighted by atomic mass is 16.4. The van der Waals surface area contributed by atoms with Crippen LogP contribution in [-0.4, -0.2) is 58.8 Å². The standard InChI is InChI=1S/C28H51NO6/c1-5-6-7-8-9-10-11-12-13-14-15-19-29(20-16-23(2)26(30)31,21-17-24(3)27(32)33)22-18-25(4)28(34)35/h11-12,23-25H,5-10,13-22H2,1-4H3,(H2-,30,31,32,33,34,35)/b12-11+. The highest BCUT2D eigenvalue weighted by Gasteiger charge is 2.30. The average Bonchev–Trinajstić information content (AvgIpc) is 2.82. The van der Waals surface area contributed by atoms with Crippen LogP contribution < -0.4 is 5.11 Å². The van der Waals surface area contributed by atoms with Gasteiger partial charge in [0.05, 0.1) is 38.0 Å². The monoisotopic (exact) mass is 497 g/mol. The molecule has 0 saturated heterocycles. The maximum atomic E-state index is 11.4. The van der Waals surface area contributed by atoms with Crippen molar-refractivity contribution in [2.24, 2.45) is 17.8 Å². The molecule has 35 heavy (non-hydrogen) atoms. The van der Waals surface area contributed by atoms with Crippen LogP contribution >= 0.6 is 0 Å². The summed E-state index contributed by atoms with van der Waals surface area (Å²) in [7, 11) is 0. The minimum absolute atomic E-state index is 0.434. The fraction of sp³-hybridized carbons (Fsp3) is 0.821. The van der Waals surface area contributed by atoms with E-state index in [1.165, 1.54) is 32.1 Å². The maximum absolute atomic E-state index is 11.4. The number of aliphatic carboxylic acids is 3. The van der Waals surface area contributed by atoms with Gasteiger partial charge in [0.15, 0.2) is 0 Å². The van der Waals surface area contributed by atoms with Crippen LogP contribution in [0.5, 0.6) is 0 Å². The van der Waals surface area contributed by atoms with Gasteiger partial charge in [0.1, 0.15) is 0 Å². The van der Waals surface area contributed by atoms with Gasteiger partial charge in [-0.25, -0.2) is 0 Å². The molecule has 0 rings (SSSR count). The first kappa shape index (κ1) is 33.1. The molecule has 0 aliphatic carbocycles. The Balaban J connectivity index is 5.07. The fourth-order valence-corrected chi connectivity index (χ4v) is 4.25. The smallest absolute Gasteiger partial charge is 0.306 e. The zero-order valence-corrected chi connectivity index (χ0v) is 22.7. The Kier molecular flexibility index (Phi) is 18.3. The lowest BCUT2D eigenvalue weighted by Crippen LogP contribution is -2.52. The first-order valence-electron chi connectivity index (χ1n) is 13.7. The van der Waals surface area contributed by atoms with Crippen molar-refractivity contribution in [2.45, 2.75) is 105 Å². The lowest BCUT2D eigenvalue weighted by molar-refractivity contribution is -0.929. The number of nitrogens with zero attached hydrogens (tertiary/aromatic N) is 1. The summed E-state index contributed by atoms with van der Waals surface area (Å²) in [5.41, 5.74) is 0. The predicted octanol–water partition coefficient (Wildman–Crippen LogP) is 4.89. The Hall–Kier alpha value is -1.89. The molecular weight excluding hydrogens is 446 g/mol. The van der Waals surface area contributed by atoms with Gasteiger partial charge in [0.25, 0.3) is 0 Å². The van der Waals surface area contributed by atoms with Crippen LogP contribution in [0.4, 0.5) is 0 Å². The molecule has 3 unspecified atom stereocenters. The third-order valence-corrected chi connectivity index (χ3v) is 7.25. The Morgan fingerprint density at radius 3 is 1.54 bits per heavy atom. The van der Waals surface area contributed by atoms with Crippen molar-refractivity contribution in [3.63, 3.8) is 0 Å². The lowest BCUT2D eigenvalue weighted by atomic mass is 10.0. The van der Waals surface area contributed by atoms with E-state index in [2.05, 4.69) is 19.1 Å². The maximum Gasteiger partial charge on any atom is 0.306 e. The lowest BCUT2D eigenvalue weighted by Gasteiger charge is -2.41. The molecule has 0 saturated carbocycles. The number of allylic oxidation sites excluding steroid dienone is 2. The summed E-state index contributed by atoms with van der Waals surface area (Å²) in [4.78, 5) is 34.1. The van der Waals surface area contributed by atoms with Crippen molar-refractivity contribution >= 4 is 17.9 Å². The van der Waals surface area contributed by atoms with Crippen molar-refractivity contribution < 1.29 is 34.2 Å². The molecule has 0 aromatic heterocycles. The number of carbonyl (C=O) groups excluding carboxylic acids is 1. The van der Waals surface area contributed by atoms with E-state index in [1.807, 2.05) is 0 Å². The minimum Gasteiger partial charge on any atom is -0.550 e. The first-order valence-corrected chi connectivity index (χ1v) is 13.7. The first-order chi connectivity index (χ1) is 16.5. The number of hydrogen-bond acceptors (Lipinski definition) is 4. The van der Waals surface area contributed by atoms with Crippen molar-refractivity contribution in [1.29, 1.82) is 0 Å². The molecule has 204 valence electrons. The molecule has 0 radical (unpaired) electrons. The molecule has 7 heteroatoms. The van der Waals surface area contributed by atoms with Crippen LogP contribution in [0.3, 0.4) is 0 Å². The van der Waals surface area contributed by atoms with E-state index in [4.69, 9.17) is 0 Å². The zero-order valence-electron chi connectivity index (χ0n) is 22.7. The number of rotatable bonds is 23. The summed E-state index contributed by atoms with van der Waals surface area (Å²) < 4.78 is 0.563. The summed E-state index contributed by atoms with van der Waals surface area (Å²) in [5.74, 6) is -4.36. The molecule has 0 heterocycles. The Morgan fingerprint density at radius 1 is 0.686 bits per heavy atom. The third-order valence-electron chi connectivity index (χ3n) is 7.25. The zero-order chi connectivity index (χ0) is 26.7. The molecule has 0 aliphatic heterocycles. The average molecular weight is 498 g/mol. The van der Waals surface area contributed by atoms with E-state index in [-0.39, 0.29) is 0 Å². The van der Waals surface area contributed by atoms with Crippen LogP contribution in [0.2, 0.25) is 0 Å². The molecule has 2 N–H and O–H groups in total. The second-order valence-electron chi connectivity index (χ2n) is 10.5. The predicted molar refractivity (Wildman–Crippen MR) is 138 cm³/mol. The van der Waals surface area contributed by atoms with Gasteiger partial charge in [-0.1, -0.05) is 65.5 Å². The normalized spacial score (nSPS) is 16.0. The quantitative estimate of drug-likeness (QED) is 0.118.